The van der Waals surface area contributed by atoms with Crippen molar-refractivity contribution in [3.05, 3.63) is 24.3 Å². The Morgan fingerprint density at radius 2 is 1.81 bits per heavy atom. The maximum absolute atomic E-state index is 12.3. The molecule has 1 aromatic carbocycles. The zero-order chi connectivity index (χ0) is 15.9. The number of carbonyl (C=O) groups is 1. The lowest BCUT2D eigenvalue weighted by Gasteiger charge is -2.30. The third-order valence-electron chi connectivity index (χ3n) is 3.25. The lowest BCUT2D eigenvalue weighted by Crippen LogP contribution is -2.53. The molecule has 0 saturated carbocycles. The molecule has 1 N–H and O–H groups in total. The van der Waals surface area contributed by atoms with E-state index in [-0.39, 0.29) is 5.91 Å². The summed E-state index contributed by atoms with van der Waals surface area (Å²) in [6.45, 7) is 7.52. The van der Waals surface area contributed by atoms with Crippen LogP contribution in [-0.2, 0) is 4.79 Å². The van der Waals surface area contributed by atoms with Gasteiger partial charge >= 0.3 is 0 Å². The van der Waals surface area contributed by atoms with Gasteiger partial charge in [-0.25, -0.2) is 0 Å². The molecule has 5 heteroatoms. The molecule has 0 radical (unpaired) electrons. The second-order valence-corrected chi connectivity index (χ2v) is 5.41. The van der Waals surface area contributed by atoms with Crippen LogP contribution in [0, 0.1) is 0 Å². The maximum Gasteiger partial charge on any atom is 0.242 e. The number of nitrogens with zero attached hydrogens (tertiary/aromatic N) is 1. The second kappa shape index (κ2) is 7.88. The molecule has 0 atom stereocenters. The number of likely N-dealkylation sites (N-methyl/N-ethyl adjacent to an activating group) is 2. The molecule has 0 aliphatic rings. The number of amides is 1. The largest absolute Gasteiger partial charge is 0.497 e. The molecule has 0 aliphatic heterocycles. The van der Waals surface area contributed by atoms with Crippen molar-refractivity contribution < 1.29 is 14.3 Å². The van der Waals surface area contributed by atoms with Crippen LogP contribution in [0.25, 0.3) is 0 Å². The summed E-state index contributed by atoms with van der Waals surface area (Å²) < 4.78 is 10.7. The predicted molar refractivity (Wildman–Crippen MR) is 83.9 cm³/mol. The lowest BCUT2D eigenvalue weighted by molar-refractivity contribution is -0.136. The Hall–Kier alpha value is -1.75. The van der Waals surface area contributed by atoms with Gasteiger partial charge in [0.15, 0.2) is 0 Å². The van der Waals surface area contributed by atoms with Crippen molar-refractivity contribution in [1.29, 1.82) is 0 Å². The minimum atomic E-state index is -0.552. The van der Waals surface area contributed by atoms with Gasteiger partial charge in [0.1, 0.15) is 18.1 Å². The van der Waals surface area contributed by atoms with Crippen molar-refractivity contribution in [2.24, 2.45) is 0 Å². The summed E-state index contributed by atoms with van der Waals surface area (Å²) >= 11 is 0. The quantitative estimate of drug-likeness (QED) is 0.796. The first-order valence-electron chi connectivity index (χ1n) is 7.18. The smallest absolute Gasteiger partial charge is 0.242 e. The number of rotatable bonds is 8. The monoisotopic (exact) mass is 294 g/mol. The molecule has 0 unspecified atom stereocenters. The van der Waals surface area contributed by atoms with Gasteiger partial charge in [-0.15, -0.1) is 0 Å². The van der Waals surface area contributed by atoms with E-state index in [1.54, 1.807) is 19.1 Å². The first kappa shape index (κ1) is 17.3. The number of benzene rings is 1. The molecular formula is C16H26N2O3. The van der Waals surface area contributed by atoms with E-state index in [4.69, 9.17) is 9.47 Å². The van der Waals surface area contributed by atoms with Gasteiger partial charge in [-0.05, 0) is 44.7 Å². The molecule has 0 bridgehead atoms. The summed E-state index contributed by atoms with van der Waals surface area (Å²) in [6, 6.07) is 7.39. The number of methoxy groups -OCH3 is 1. The number of carbonyl (C=O) groups excluding carboxylic acids is 1. The van der Waals surface area contributed by atoms with Gasteiger partial charge in [0, 0.05) is 7.05 Å². The molecule has 0 spiro atoms. The number of ether oxygens (including phenoxy) is 2. The number of hydrogen-bond donors (Lipinski definition) is 1. The van der Waals surface area contributed by atoms with Gasteiger partial charge in [0.05, 0.1) is 19.2 Å². The summed E-state index contributed by atoms with van der Waals surface area (Å²) in [5.41, 5.74) is -0.552. The third kappa shape index (κ3) is 5.27. The minimum absolute atomic E-state index is 0.0580. The average molecular weight is 294 g/mol. The Labute approximate surface area is 127 Å². The van der Waals surface area contributed by atoms with E-state index in [0.717, 1.165) is 18.0 Å². The highest BCUT2D eigenvalue weighted by molar-refractivity contribution is 5.85. The Balaban J connectivity index is 2.42. The van der Waals surface area contributed by atoms with Crippen molar-refractivity contribution in [2.75, 3.05) is 33.9 Å². The Kier molecular flexibility index (Phi) is 6.49. The first-order valence-corrected chi connectivity index (χ1v) is 7.18. The molecule has 1 amide bonds. The maximum atomic E-state index is 12.3. The molecule has 1 aromatic rings. The summed E-state index contributed by atoms with van der Waals surface area (Å²) in [6.07, 6.45) is 0. The molecule has 0 heterocycles. The number of nitrogens with one attached hydrogen (secondary N) is 1. The van der Waals surface area contributed by atoms with Crippen molar-refractivity contribution >= 4 is 5.91 Å². The van der Waals surface area contributed by atoms with Crippen LogP contribution >= 0.6 is 0 Å². The van der Waals surface area contributed by atoms with Crippen LogP contribution in [-0.4, -0.2) is 50.2 Å². The fraction of sp³-hybridized carbons (Fsp3) is 0.562. The van der Waals surface area contributed by atoms with E-state index in [1.165, 1.54) is 0 Å². The Bertz CT molecular complexity index is 443. The van der Waals surface area contributed by atoms with E-state index >= 15 is 0 Å². The molecule has 0 saturated heterocycles. The van der Waals surface area contributed by atoms with Crippen molar-refractivity contribution in [3.8, 4) is 11.5 Å². The summed E-state index contributed by atoms with van der Waals surface area (Å²) in [5.74, 6) is 1.62. The topological polar surface area (TPSA) is 50.8 Å². The molecule has 0 fully saturated rings. The van der Waals surface area contributed by atoms with Gasteiger partial charge in [-0.3, -0.25) is 4.79 Å². The van der Waals surface area contributed by atoms with E-state index in [2.05, 4.69) is 5.32 Å². The van der Waals surface area contributed by atoms with Crippen molar-refractivity contribution in [3.63, 3.8) is 0 Å². The molecule has 21 heavy (non-hydrogen) atoms. The molecule has 1 rings (SSSR count). The van der Waals surface area contributed by atoms with E-state index in [9.17, 15) is 4.79 Å². The van der Waals surface area contributed by atoms with Gasteiger partial charge in [-0.1, -0.05) is 6.92 Å². The summed E-state index contributed by atoms with van der Waals surface area (Å²) in [5, 5.41) is 3.18. The van der Waals surface area contributed by atoms with E-state index < -0.39 is 5.54 Å². The minimum Gasteiger partial charge on any atom is -0.497 e. The van der Waals surface area contributed by atoms with Crippen LogP contribution in [0.5, 0.6) is 11.5 Å². The van der Waals surface area contributed by atoms with Crippen LogP contribution in [0.3, 0.4) is 0 Å². The van der Waals surface area contributed by atoms with Gasteiger partial charge in [-0.2, -0.15) is 0 Å². The van der Waals surface area contributed by atoms with Crippen LogP contribution in [0.2, 0.25) is 0 Å². The third-order valence-corrected chi connectivity index (χ3v) is 3.25. The molecule has 5 nitrogen and oxygen atoms in total. The van der Waals surface area contributed by atoms with Crippen LogP contribution in [0.4, 0.5) is 0 Å². The SMILES string of the molecule is CCNC(C)(C)C(=O)N(C)CCOc1ccc(OC)cc1. The highest BCUT2D eigenvalue weighted by Gasteiger charge is 2.28. The molecule has 0 aromatic heterocycles. The summed E-state index contributed by atoms with van der Waals surface area (Å²) in [7, 11) is 3.42. The second-order valence-electron chi connectivity index (χ2n) is 5.41. The summed E-state index contributed by atoms with van der Waals surface area (Å²) in [4.78, 5) is 14.0. The average Bonchev–Trinajstić information content (AvgIpc) is 2.47. The fourth-order valence-electron chi connectivity index (χ4n) is 2.07. The molecular weight excluding hydrogens is 268 g/mol. The standard InChI is InChI=1S/C16H26N2O3/c1-6-17-16(2,3)15(19)18(4)11-12-21-14-9-7-13(20-5)8-10-14/h7-10,17H,6,11-12H2,1-5H3. The molecule has 118 valence electrons. The van der Waals surface area contributed by atoms with Gasteiger partial charge < -0.3 is 19.7 Å². The van der Waals surface area contributed by atoms with Gasteiger partial charge in [0.25, 0.3) is 0 Å². The Morgan fingerprint density at radius 1 is 1.24 bits per heavy atom. The van der Waals surface area contributed by atoms with Gasteiger partial charge in [0.2, 0.25) is 5.91 Å². The van der Waals surface area contributed by atoms with Crippen LogP contribution < -0.4 is 14.8 Å². The highest BCUT2D eigenvalue weighted by Crippen LogP contribution is 2.17. The molecule has 0 aliphatic carbocycles. The Morgan fingerprint density at radius 3 is 2.33 bits per heavy atom. The van der Waals surface area contributed by atoms with Crippen molar-refractivity contribution in [2.45, 2.75) is 26.3 Å². The highest BCUT2D eigenvalue weighted by atomic mass is 16.5. The van der Waals surface area contributed by atoms with E-state index in [1.807, 2.05) is 45.0 Å². The first-order chi connectivity index (χ1) is 9.90. The van der Waals surface area contributed by atoms with Crippen LogP contribution in [0.1, 0.15) is 20.8 Å². The van der Waals surface area contributed by atoms with Crippen LogP contribution in [0.15, 0.2) is 24.3 Å². The van der Waals surface area contributed by atoms with Crippen molar-refractivity contribution in [1.82, 2.24) is 10.2 Å². The fourth-order valence-corrected chi connectivity index (χ4v) is 2.07. The zero-order valence-corrected chi connectivity index (χ0v) is 13.6. The predicted octanol–water partition coefficient (Wildman–Crippen LogP) is 1.92. The normalized spacial score (nSPS) is 11.1. The number of hydrogen-bond acceptors (Lipinski definition) is 4. The lowest BCUT2D eigenvalue weighted by atomic mass is 10.0. The van der Waals surface area contributed by atoms with E-state index in [0.29, 0.717) is 13.2 Å². The zero-order valence-electron chi connectivity index (χ0n) is 13.6.